The number of ether oxygens (including phenoxy) is 2. The highest BCUT2D eigenvalue weighted by molar-refractivity contribution is 6.04. The molecule has 0 unspecified atom stereocenters. The molecule has 182 valence electrons. The van der Waals surface area contributed by atoms with E-state index in [1.807, 2.05) is 66.7 Å². The van der Waals surface area contributed by atoms with Crippen LogP contribution in [0.2, 0.25) is 0 Å². The summed E-state index contributed by atoms with van der Waals surface area (Å²) < 4.78 is 11.2. The second-order valence-electron chi connectivity index (χ2n) is 8.68. The Morgan fingerprint density at radius 2 is 1.66 bits per heavy atom. The highest BCUT2D eigenvalue weighted by Gasteiger charge is 2.11. The number of morpholine rings is 1. The fourth-order valence-electron chi connectivity index (χ4n) is 4.00. The summed E-state index contributed by atoms with van der Waals surface area (Å²) in [4.78, 5) is 27.4. The predicted molar refractivity (Wildman–Crippen MR) is 137 cm³/mol. The van der Waals surface area contributed by atoms with E-state index in [2.05, 4.69) is 10.2 Å². The van der Waals surface area contributed by atoms with Crippen LogP contribution in [0.3, 0.4) is 0 Å². The summed E-state index contributed by atoms with van der Waals surface area (Å²) in [5.41, 5.74) is 3.34. The summed E-state index contributed by atoms with van der Waals surface area (Å²) in [5, 5.41) is 2.92. The Bertz CT molecular complexity index is 1090. The number of hydrogen-bond acceptors (Lipinski definition) is 5. The Morgan fingerprint density at radius 1 is 0.886 bits per heavy atom. The van der Waals surface area contributed by atoms with Crippen LogP contribution in [-0.2, 0) is 22.4 Å². The zero-order chi connectivity index (χ0) is 24.3. The number of aryl methyl sites for hydroxylation is 1. The molecule has 35 heavy (non-hydrogen) atoms. The van der Waals surface area contributed by atoms with E-state index in [0.717, 1.165) is 44.8 Å². The molecule has 1 amide bonds. The van der Waals surface area contributed by atoms with Crippen LogP contribution in [0.15, 0.2) is 78.9 Å². The van der Waals surface area contributed by atoms with Crippen molar-refractivity contribution in [2.75, 3.05) is 44.8 Å². The van der Waals surface area contributed by atoms with Crippen molar-refractivity contribution in [3.63, 3.8) is 0 Å². The van der Waals surface area contributed by atoms with Gasteiger partial charge in [0.1, 0.15) is 18.1 Å². The number of anilines is 1. The molecule has 0 aromatic heterocycles. The molecular formula is C29H32N2O4. The monoisotopic (exact) mass is 472 g/mol. The number of hydrogen-bond donors (Lipinski definition) is 1. The van der Waals surface area contributed by atoms with Gasteiger partial charge in [-0.15, -0.1) is 0 Å². The largest absolute Gasteiger partial charge is 0.492 e. The van der Waals surface area contributed by atoms with E-state index in [4.69, 9.17) is 9.47 Å². The molecule has 1 N–H and O–H groups in total. The maximum Gasteiger partial charge on any atom is 0.255 e. The number of nitrogens with zero attached hydrogens (tertiary/aromatic N) is 1. The first-order chi connectivity index (χ1) is 17.2. The number of carbonyl (C=O) groups is 2. The molecule has 0 radical (unpaired) electrons. The lowest BCUT2D eigenvalue weighted by molar-refractivity contribution is -0.118. The van der Waals surface area contributed by atoms with Crippen LogP contribution in [0.4, 0.5) is 5.69 Å². The molecule has 0 spiro atoms. The van der Waals surface area contributed by atoms with E-state index < -0.39 is 0 Å². The molecule has 1 heterocycles. The van der Waals surface area contributed by atoms with E-state index in [0.29, 0.717) is 36.4 Å². The molecule has 6 nitrogen and oxygen atoms in total. The maximum atomic E-state index is 12.7. The maximum absolute atomic E-state index is 12.7. The van der Waals surface area contributed by atoms with Crippen molar-refractivity contribution >= 4 is 17.4 Å². The number of ketones is 1. The summed E-state index contributed by atoms with van der Waals surface area (Å²) in [5.74, 6) is 0.682. The van der Waals surface area contributed by atoms with Gasteiger partial charge in [0, 0.05) is 43.7 Å². The second kappa shape index (κ2) is 12.8. The number of rotatable bonds is 11. The summed E-state index contributed by atoms with van der Waals surface area (Å²) in [6.07, 6.45) is 1.67. The van der Waals surface area contributed by atoms with E-state index >= 15 is 0 Å². The molecule has 0 atom stereocenters. The Labute approximate surface area is 206 Å². The van der Waals surface area contributed by atoms with Crippen molar-refractivity contribution in [2.45, 2.75) is 19.3 Å². The van der Waals surface area contributed by atoms with Gasteiger partial charge in [-0.2, -0.15) is 0 Å². The standard InChI is InChI=1S/C29H32N2O4/c32-27(14-11-23-5-2-1-3-6-23)21-24-9-12-26(13-10-24)30-29(33)25-7-4-8-28(22-25)35-20-17-31-15-18-34-19-16-31/h1-10,12-13,22H,11,14-21H2,(H,30,33). The SMILES string of the molecule is O=C(CCc1ccccc1)Cc1ccc(NC(=O)c2cccc(OCCN3CCOCC3)c2)cc1. The summed E-state index contributed by atoms with van der Waals surface area (Å²) in [7, 11) is 0. The summed E-state index contributed by atoms with van der Waals surface area (Å²) in [6, 6.07) is 24.7. The van der Waals surface area contributed by atoms with Crippen molar-refractivity contribution in [3.05, 3.63) is 95.6 Å². The van der Waals surface area contributed by atoms with Gasteiger partial charge in [-0.3, -0.25) is 14.5 Å². The van der Waals surface area contributed by atoms with Crippen LogP contribution < -0.4 is 10.1 Å². The number of benzene rings is 3. The fourth-order valence-corrected chi connectivity index (χ4v) is 4.00. The smallest absolute Gasteiger partial charge is 0.255 e. The first kappa shape index (κ1) is 24.6. The van der Waals surface area contributed by atoms with Gasteiger partial charge in [0.15, 0.2) is 0 Å². The number of Topliss-reactive ketones (excluding diaryl/α,β-unsaturated/α-hetero) is 1. The molecule has 6 heteroatoms. The lowest BCUT2D eigenvalue weighted by Gasteiger charge is -2.26. The van der Waals surface area contributed by atoms with E-state index in [1.165, 1.54) is 5.56 Å². The van der Waals surface area contributed by atoms with Crippen LogP contribution >= 0.6 is 0 Å². The molecule has 0 aliphatic carbocycles. The number of carbonyl (C=O) groups excluding carboxylic acids is 2. The van der Waals surface area contributed by atoms with Crippen molar-refractivity contribution in [2.24, 2.45) is 0 Å². The third-order valence-corrected chi connectivity index (χ3v) is 6.02. The van der Waals surface area contributed by atoms with E-state index in [-0.39, 0.29) is 11.7 Å². The minimum Gasteiger partial charge on any atom is -0.492 e. The van der Waals surface area contributed by atoms with Gasteiger partial charge in [0.25, 0.3) is 5.91 Å². The highest BCUT2D eigenvalue weighted by Crippen LogP contribution is 2.17. The predicted octanol–water partition coefficient (Wildman–Crippen LogP) is 4.39. The number of amides is 1. The molecule has 0 bridgehead atoms. The van der Waals surface area contributed by atoms with Gasteiger partial charge in [0.05, 0.1) is 13.2 Å². The lowest BCUT2D eigenvalue weighted by Crippen LogP contribution is -2.38. The van der Waals surface area contributed by atoms with Crippen LogP contribution in [0, 0.1) is 0 Å². The van der Waals surface area contributed by atoms with Crippen LogP contribution in [-0.4, -0.2) is 56.0 Å². The first-order valence-corrected chi connectivity index (χ1v) is 12.1. The first-order valence-electron chi connectivity index (χ1n) is 12.1. The fraction of sp³-hybridized carbons (Fsp3) is 0.310. The van der Waals surface area contributed by atoms with E-state index in [9.17, 15) is 9.59 Å². The van der Waals surface area contributed by atoms with Crippen LogP contribution in [0.25, 0.3) is 0 Å². The van der Waals surface area contributed by atoms with Crippen LogP contribution in [0.5, 0.6) is 5.75 Å². The van der Waals surface area contributed by atoms with Gasteiger partial charge in [0.2, 0.25) is 0 Å². The van der Waals surface area contributed by atoms with Gasteiger partial charge in [-0.05, 0) is 47.9 Å². The van der Waals surface area contributed by atoms with Crippen molar-refractivity contribution < 1.29 is 19.1 Å². The number of nitrogens with one attached hydrogen (secondary N) is 1. The zero-order valence-corrected chi connectivity index (χ0v) is 19.9. The molecule has 3 aromatic rings. The third-order valence-electron chi connectivity index (χ3n) is 6.02. The molecule has 1 aliphatic heterocycles. The van der Waals surface area contributed by atoms with Gasteiger partial charge >= 0.3 is 0 Å². The zero-order valence-electron chi connectivity index (χ0n) is 19.9. The molecule has 1 saturated heterocycles. The Balaban J connectivity index is 1.23. The molecule has 4 rings (SSSR count). The average molecular weight is 473 g/mol. The third kappa shape index (κ3) is 8.05. The molecule has 0 saturated carbocycles. The Morgan fingerprint density at radius 3 is 2.43 bits per heavy atom. The van der Waals surface area contributed by atoms with Gasteiger partial charge in [-0.25, -0.2) is 0 Å². The summed E-state index contributed by atoms with van der Waals surface area (Å²) in [6.45, 7) is 4.78. The summed E-state index contributed by atoms with van der Waals surface area (Å²) >= 11 is 0. The van der Waals surface area contributed by atoms with Crippen molar-refractivity contribution in [3.8, 4) is 5.75 Å². The van der Waals surface area contributed by atoms with Gasteiger partial charge < -0.3 is 14.8 Å². The molecule has 3 aromatic carbocycles. The van der Waals surface area contributed by atoms with Crippen molar-refractivity contribution in [1.82, 2.24) is 4.90 Å². The molecule has 1 aliphatic rings. The Hall–Kier alpha value is -3.48. The molecule has 1 fully saturated rings. The van der Waals surface area contributed by atoms with Crippen molar-refractivity contribution in [1.29, 1.82) is 0 Å². The minimum absolute atomic E-state index is 0.199. The molecular weight excluding hydrogens is 440 g/mol. The van der Waals surface area contributed by atoms with Gasteiger partial charge in [-0.1, -0.05) is 48.5 Å². The minimum atomic E-state index is -0.199. The second-order valence-corrected chi connectivity index (χ2v) is 8.68. The van der Waals surface area contributed by atoms with E-state index in [1.54, 1.807) is 12.1 Å². The Kier molecular flexibility index (Phi) is 9.04. The normalized spacial score (nSPS) is 13.8. The quantitative estimate of drug-likeness (QED) is 0.448. The van der Waals surface area contributed by atoms with Crippen LogP contribution in [0.1, 0.15) is 27.9 Å². The average Bonchev–Trinajstić information content (AvgIpc) is 2.90. The topological polar surface area (TPSA) is 67.9 Å². The highest BCUT2D eigenvalue weighted by atomic mass is 16.5. The lowest BCUT2D eigenvalue weighted by atomic mass is 10.0.